The number of carbonyl (C=O) groups excluding carboxylic acids is 1. The molecule has 2 aromatic heterocycles. The molecular formula is C30H35ClN8O6. The molecule has 2 fully saturated rings. The summed E-state index contributed by atoms with van der Waals surface area (Å²) in [6, 6.07) is 12.1. The van der Waals surface area contributed by atoms with Crippen molar-refractivity contribution < 1.29 is 30.3 Å². The molecule has 2 aromatic carbocycles. The molecule has 1 aliphatic heterocycles. The number of nitrogens with zero attached hydrogens (tertiary/aromatic N) is 6. The van der Waals surface area contributed by atoms with Gasteiger partial charge in [-0.05, 0) is 48.2 Å². The largest absolute Gasteiger partial charge is 0.508 e. The second kappa shape index (κ2) is 12.7. The number of phenolic OH excluding ortho intramolecular Hbond substituents is 2. The molecule has 0 radical (unpaired) electrons. The number of nitrogens with one attached hydrogen (secondary N) is 1. The smallest absolute Gasteiger partial charge is 0.262 e. The maximum absolute atomic E-state index is 12.0. The van der Waals surface area contributed by atoms with Crippen molar-refractivity contribution in [1.29, 1.82) is 0 Å². The van der Waals surface area contributed by atoms with Gasteiger partial charge in [0.05, 0.1) is 18.4 Å². The minimum atomic E-state index is -1.37. The maximum Gasteiger partial charge on any atom is 0.262 e. The van der Waals surface area contributed by atoms with Gasteiger partial charge in [0.25, 0.3) is 5.91 Å². The van der Waals surface area contributed by atoms with Crippen LogP contribution in [0.4, 0.5) is 11.8 Å². The summed E-state index contributed by atoms with van der Waals surface area (Å²) in [6.07, 6.45) is -0.302. The van der Waals surface area contributed by atoms with Crippen LogP contribution in [0.15, 0.2) is 54.9 Å². The molecule has 15 heteroatoms. The van der Waals surface area contributed by atoms with E-state index in [-0.39, 0.29) is 29.9 Å². The van der Waals surface area contributed by atoms with Gasteiger partial charge in [-0.2, -0.15) is 9.97 Å². The third-order valence-corrected chi connectivity index (χ3v) is 9.06. The fourth-order valence-electron chi connectivity index (χ4n) is 6.16. The van der Waals surface area contributed by atoms with E-state index < -0.39 is 36.8 Å². The van der Waals surface area contributed by atoms with Gasteiger partial charge < -0.3 is 46.1 Å². The summed E-state index contributed by atoms with van der Waals surface area (Å²) in [4.78, 5) is 28.3. The molecule has 1 saturated carbocycles. The number of aliphatic hydroxyl groups is 3. The van der Waals surface area contributed by atoms with Crippen LogP contribution < -0.4 is 16.0 Å². The first-order valence-corrected chi connectivity index (χ1v) is 15.0. The first-order valence-electron chi connectivity index (χ1n) is 14.7. The number of anilines is 2. The Morgan fingerprint density at radius 1 is 1.04 bits per heavy atom. The van der Waals surface area contributed by atoms with Crippen molar-refractivity contribution >= 4 is 40.6 Å². The topological polar surface area (TPSA) is 206 Å². The Hall–Kier alpha value is -4.21. The van der Waals surface area contributed by atoms with Gasteiger partial charge in [0.2, 0.25) is 5.95 Å². The zero-order valence-corrected chi connectivity index (χ0v) is 24.9. The molecule has 0 unspecified atom stereocenters. The van der Waals surface area contributed by atoms with Crippen molar-refractivity contribution in [3.05, 3.63) is 66.0 Å². The quantitative estimate of drug-likeness (QED) is 0.128. The molecule has 0 bridgehead atoms. The summed E-state index contributed by atoms with van der Waals surface area (Å²) < 4.78 is 2.39. The Kier molecular flexibility index (Phi) is 8.66. The van der Waals surface area contributed by atoms with Crippen LogP contribution in [0.2, 0.25) is 0 Å². The first kappa shape index (κ1) is 30.8. The number of hydrogen-bond acceptors (Lipinski definition) is 12. The third-order valence-electron chi connectivity index (χ3n) is 8.63. The van der Waals surface area contributed by atoms with Crippen LogP contribution >= 0.6 is 11.8 Å². The number of benzene rings is 2. The lowest BCUT2D eigenvalue weighted by Gasteiger charge is -2.23. The van der Waals surface area contributed by atoms with Crippen LogP contribution in [-0.2, 0) is 4.79 Å². The molecule has 6 rings (SSSR count). The summed E-state index contributed by atoms with van der Waals surface area (Å²) in [5.74, 6) is 0.162. The maximum atomic E-state index is 12.0. The second-order valence-electron chi connectivity index (χ2n) is 11.5. The molecule has 4 aromatic rings. The Morgan fingerprint density at radius 3 is 2.27 bits per heavy atom. The molecular weight excluding hydrogens is 604 g/mol. The van der Waals surface area contributed by atoms with Gasteiger partial charge in [-0.3, -0.25) is 4.79 Å². The lowest BCUT2D eigenvalue weighted by molar-refractivity contribution is -0.132. The molecule has 8 N–H and O–H groups in total. The molecule has 238 valence electrons. The van der Waals surface area contributed by atoms with E-state index in [0.717, 1.165) is 22.0 Å². The van der Waals surface area contributed by atoms with E-state index >= 15 is 0 Å². The van der Waals surface area contributed by atoms with Gasteiger partial charge in [-0.1, -0.05) is 24.3 Å². The number of nitrogens with two attached hydrogens (primary N) is 1. The van der Waals surface area contributed by atoms with Gasteiger partial charge in [0.15, 0.2) is 17.0 Å². The zero-order chi connectivity index (χ0) is 31.8. The van der Waals surface area contributed by atoms with Crippen LogP contribution in [0.1, 0.15) is 35.9 Å². The number of hydrogen-bond donors (Lipinski definition) is 7. The highest BCUT2D eigenvalue weighted by Crippen LogP contribution is 2.38. The molecule has 1 saturated heterocycles. The monoisotopic (exact) mass is 638 g/mol. The first-order chi connectivity index (χ1) is 21.6. The number of carbonyl (C=O) groups is 1. The van der Waals surface area contributed by atoms with Gasteiger partial charge in [0.1, 0.15) is 30.3 Å². The Bertz CT molecular complexity index is 1610. The van der Waals surface area contributed by atoms with E-state index in [2.05, 4.69) is 10.3 Å². The Morgan fingerprint density at radius 2 is 1.69 bits per heavy atom. The summed E-state index contributed by atoms with van der Waals surface area (Å²) >= 11 is 6.13. The van der Waals surface area contributed by atoms with Gasteiger partial charge in [0, 0.05) is 43.4 Å². The fourth-order valence-corrected chi connectivity index (χ4v) is 6.41. The lowest BCUT2D eigenvalue weighted by Crippen LogP contribution is -2.42. The minimum Gasteiger partial charge on any atom is -0.508 e. The normalized spacial score (nSPS) is 23.2. The highest BCUT2D eigenvalue weighted by atomic mass is 35.5. The fraction of sp³-hybridized carbons (Fsp3) is 0.400. The molecule has 5 atom stereocenters. The molecule has 2 aliphatic rings. The van der Waals surface area contributed by atoms with Crippen LogP contribution in [0.25, 0.3) is 11.2 Å². The summed E-state index contributed by atoms with van der Waals surface area (Å²) in [6.45, 7) is 0.742. The summed E-state index contributed by atoms with van der Waals surface area (Å²) in [5, 5.41) is 54.3. The Balaban J connectivity index is 1.37. The van der Waals surface area contributed by atoms with E-state index in [9.17, 15) is 30.3 Å². The van der Waals surface area contributed by atoms with E-state index in [1.54, 1.807) is 28.8 Å². The molecule has 1 amide bonds. The van der Waals surface area contributed by atoms with E-state index in [0.29, 0.717) is 42.6 Å². The van der Waals surface area contributed by atoms with Crippen LogP contribution in [0.3, 0.4) is 0 Å². The lowest BCUT2D eigenvalue weighted by atomic mass is 9.91. The molecule has 3 heterocycles. The van der Waals surface area contributed by atoms with Crippen LogP contribution in [-0.4, -0.2) is 106 Å². The number of aliphatic hydroxyl groups excluding tert-OH is 3. The number of aromatic nitrogens is 4. The van der Waals surface area contributed by atoms with Crippen molar-refractivity contribution in [2.45, 2.75) is 49.1 Å². The number of rotatable bonds is 9. The number of phenols is 2. The molecule has 1 aliphatic carbocycles. The third kappa shape index (κ3) is 6.07. The van der Waals surface area contributed by atoms with Crippen molar-refractivity contribution in [1.82, 2.24) is 23.9 Å². The average Bonchev–Trinajstić information content (AvgIpc) is 3.75. The SMILES string of the molecule is N[C@@H]1CCN(c2nc(NCC(c3ccc(O)cc3)c3ccc(O)cc3)c3ncn([C@@H]4C[C@H](N(Cl)C(=O)CO)[C@@H](O)[C@H]4O)c3n2)C1. The summed E-state index contributed by atoms with van der Waals surface area (Å²) in [5.41, 5.74) is 8.87. The molecule has 45 heavy (non-hydrogen) atoms. The van der Waals surface area contributed by atoms with E-state index in [4.69, 9.17) is 27.5 Å². The van der Waals surface area contributed by atoms with Crippen LogP contribution in [0, 0.1) is 0 Å². The van der Waals surface area contributed by atoms with Crippen molar-refractivity contribution in [3.63, 3.8) is 0 Å². The predicted octanol–water partition coefficient (Wildman–Crippen LogP) is 1.03. The number of fused-ring (bicyclic) bond motifs is 1. The van der Waals surface area contributed by atoms with Gasteiger partial charge in [-0.25, -0.2) is 9.40 Å². The zero-order valence-electron chi connectivity index (χ0n) is 24.2. The number of halogens is 1. The highest BCUT2D eigenvalue weighted by molar-refractivity contribution is 6.21. The van der Waals surface area contributed by atoms with E-state index in [1.165, 1.54) is 6.33 Å². The molecule has 14 nitrogen and oxygen atoms in total. The van der Waals surface area contributed by atoms with E-state index in [1.807, 2.05) is 29.2 Å². The number of amides is 1. The van der Waals surface area contributed by atoms with Crippen molar-refractivity contribution in [2.75, 3.05) is 36.5 Å². The average molecular weight is 639 g/mol. The minimum absolute atomic E-state index is 0.0367. The number of aromatic hydroxyl groups is 2. The highest BCUT2D eigenvalue weighted by Gasteiger charge is 2.47. The van der Waals surface area contributed by atoms with Crippen molar-refractivity contribution in [3.8, 4) is 11.5 Å². The standard InChI is InChI=1S/C30H35ClN8O6/c31-39(24(43)14-40)23-11-22(26(44)27(23)45)38-15-34-25-28(35-30(36-29(25)38)37-10-9-18(32)13-37)33-12-21(16-1-5-19(41)6-2-16)17-3-7-20(42)8-4-17/h1-8,15,18,21-23,26-27,40-42,44-45H,9-14,32H2,(H,33,35,36)/t18-,22-,23+,26+,27-/m1/s1. The number of imidazole rings is 1. The summed E-state index contributed by atoms with van der Waals surface area (Å²) in [7, 11) is 0. The second-order valence-corrected chi connectivity index (χ2v) is 11.9. The van der Waals surface area contributed by atoms with Gasteiger partial charge in [-0.15, -0.1) is 0 Å². The molecule has 0 spiro atoms. The Labute approximate surface area is 263 Å². The van der Waals surface area contributed by atoms with Crippen molar-refractivity contribution in [2.24, 2.45) is 5.73 Å². The van der Waals surface area contributed by atoms with Gasteiger partial charge >= 0.3 is 0 Å². The van der Waals surface area contributed by atoms with Crippen LogP contribution in [0.5, 0.6) is 11.5 Å². The predicted molar refractivity (Wildman–Crippen MR) is 166 cm³/mol.